The van der Waals surface area contributed by atoms with Crippen molar-refractivity contribution in [1.82, 2.24) is 9.55 Å². The zero-order valence-electron chi connectivity index (χ0n) is 12.6. The minimum atomic E-state index is -0.525. The van der Waals surface area contributed by atoms with Gasteiger partial charge in [0.25, 0.3) is 0 Å². The highest BCUT2D eigenvalue weighted by molar-refractivity contribution is 7.98. The lowest BCUT2D eigenvalue weighted by Crippen LogP contribution is -2.16. The Morgan fingerprint density at radius 3 is 2.55 bits per heavy atom. The summed E-state index contributed by atoms with van der Waals surface area (Å²) in [6.45, 7) is 3.34. The number of thioether (sulfide) groups is 1. The number of nitrogens with zero attached hydrogens (tertiary/aromatic N) is 2. The first-order valence-electron chi connectivity index (χ1n) is 6.75. The molecule has 0 bridgehead atoms. The van der Waals surface area contributed by atoms with Gasteiger partial charge in [-0.1, -0.05) is 30.0 Å². The van der Waals surface area contributed by atoms with E-state index in [-0.39, 0.29) is 24.0 Å². The van der Waals surface area contributed by atoms with Gasteiger partial charge in [-0.2, -0.15) is 0 Å². The lowest BCUT2D eigenvalue weighted by molar-refractivity contribution is -0.114. The van der Waals surface area contributed by atoms with E-state index in [2.05, 4.69) is 10.3 Å². The van der Waals surface area contributed by atoms with Crippen LogP contribution in [0.2, 0.25) is 0 Å². The Bertz CT molecular complexity index is 683. The van der Waals surface area contributed by atoms with Gasteiger partial charge in [0.1, 0.15) is 0 Å². The summed E-state index contributed by atoms with van der Waals surface area (Å²) in [5, 5.41) is 3.19. The number of nitrogens with one attached hydrogen (secondary N) is 1. The van der Waals surface area contributed by atoms with E-state index in [1.165, 1.54) is 18.7 Å². The van der Waals surface area contributed by atoms with Crippen molar-refractivity contribution in [2.75, 3.05) is 18.2 Å². The van der Waals surface area contributed by atoms with Gasteiger partial charge < -0.3 is 10.1 Å². The minimum absolute atomic E-state index is 0.208. The zero-order chi connectivity index (χ0) is 16.1. The van der Waals surface area contributed by atoms with Crippen LogP contribution in [0.5, 0.6) is 0 Å². The van der Waals surface area contributed by atoms with Gasteiger partial charge in [0.15, 0.2) is 16.7 Å². The SMILES string of the molecule is CCOC(=O)c1c(NC(C)=O)nc(SC)n1-c1ccccc1. The molecular weight excluding hydrogens is 302 g/mol. The van der Waals surface area contributed by atoms with Gasteiger partial charge in [-0.3, -0.25) is 9.36 Å². The molecule has 0 atom stereocenters. The molecule has 0 fully saturated rings. The van der Waals surface area contributed by atoms with Crippen molar-refractivity contribution < 1.29 is 14.3 Å². The average Bonchev–Trinajstić information content (AvgIpc) is 2.86. The van der Waals surface area contributed by atoms with Crippen LogP contribution in [0.15, 0.2) is 35.5 Å². The molecule has 7 heteroatoms. The second-order valence-corrected chi connectivity index (χ2v) is 5.14. The smallest absolute Gasteiger partial charge is 0.359 e. The number of hydrogen-bond donors (Lipinski definition) is 1. The molecule has 0 saturated heterocycles. The number of carbonyl (C=O) groups is 2. The van der Waals surface area contributed by atoms with Gasteiger partial charge in [-0.05, 0) is 25.3 Å². The van der Waals surface area contributed by atoms with Crippen LogP contribution in [0.1, 0.15) is 24.3 Å². The van der Waals surface area contributed by atoms with Crippen LogP contribution >= 0.6 is 11.8 Å². The number of imidazole rings is 1. The first-order valence-corrected chi connectivity index (χ1v) is 7.97. The highest BCUT2D eigenvalue weighted by Gasteiger charge is 2.25. The number of para-hydroxylation sites is 1. The molecule has 0 saturated carbocycles. The van der Waals surface area contributed by atoms with E-state index in [9.17, 15) is 9.59 Å². The summed E-state index contributed by atoms with van der Waals surface area (Å²) in [6.07, 6.45) is 1.86. The third kappa shape index (κ3) is 3.30. The lowest BCUT2D eigenvalue weighted by atomic mass is 10.3. The first kappa shape index (κ1) is 16.1. The molecule has 116 valence electrons. The summed E-state index contributed by atoms with van der Waals surface area (Å²) in [4.78, 5) is 28.0. The van der Waals surface area contributed by atoms with E-state index < -0.39 is 5.97 Å². The Morgan fingerprint density at radius 1 is 1.32 bits per heavy atom. The van der Waals surface area contributed by atoms with Gasteiger partial charge in [0.05, 0.1) is 6.61 Å². The predicted molar refractivity (Wildman–Crippen MR) is 85.6 cm³/mol. The molecule has 0 aliphatic rings. The third-order valence-electron chi connectivity index (χ3n) is 2.81. The van der Waals surface area contributed by atoms with E-state index in [0.29, 0.717) is 5.16 Å². The molecule has 1 amide bonds. The Labute approximate surface area is 132 Å². The summed E-state index contributed by atoms with van der Waals surface area (Å²) in [5.74, 6) is -0.613. The number of amides is 1. The van der Waals surface area contributed by atoms with Crippen LogP contribution in [-0.2, 0) is 9.53 Å². The molecule has 0 radical (unpaired) electrons. The van der Waals surface area contributed by atoms with Crippen LogP contribution in [0.4, 0.5) is 5.82 Å². The maximum Gasteiger partial charge on any atom is 0.359 e. The molecule has 1 heterocycles. The summed E-state index contributed by atoms with van der Waals surface area (Å²) >= 11 is 1.38. The number of hydrogen-bond acceptors (Lipinski definition) is 5. The number of aromatic nitrogens is 2. The fourth-order valence-corrected chi connectivity index (χ4v) is 2.56. The van der Waals surface area contributed by atoms with E-state index >= 15 is 0 Å². The quantitative estimate of drug-likeness (QED) is 0.677. The van der Waals surface area contributed by atoms with Crippen LogP contribution in [0.3, 0.4) is 0 Å². The Kier molecular flexibility index (Phi) is 5.21. The second kappa shape index (κ2) is 7.13. The van der Waals surface area contributed by atoms with Gasteiger partial charge in [0.2, 0.25) is 5.91 Å². The predicted octanol–water partition coefficient (Wildman–Crippen LogP) is 2.73. The number of benzene rings is 1. The normalized spacial score (nSPS) is 10.3. The van der Waals surface area contributed by atoms with Gasteiger partial charge >= 0.3 is 5.97 Å². The van der Waals surface area contributed by atoms with Gasteiger partial charge in [-0.25, -0.2) is 9.78 Å². The third-order valence-corrected chi connectivity index (χ3v) is 3.45. The summed E-state index contributed by atoms with van der Waals surface area (Å²) in [6, 6.07) is 9.35. The number of carbonyl (C=O) groups excluding carboxylic acids is 2. The largest absolute Gasteiger partial charge is 0.461 e. The number of rotatable bonds is 5. The first-order chi connectivity index (χ1) is 10.6. The van der Waals surface area contributed by atoms with Crippen molar-refractivity contribution in [3.05, 3.63) is 36.0 Å². The van der Waals surface area contributed by atoms with E-state index in [0.717, 1.165) is 5.69 Å². The highest BCUT2D eigenvalue weighted by atomic mass is 32.2. The van der Waals surface area contributed by atoms with Crippen molar-refractivity contribution in [2.24, 2.45) is 0 Å². The zero-order valence-corrected chi connectivity index (χ0v) is 13.4. The number of esters is 1. The monoisotopic (exact) mass is 319 g/mol. The summed E-state index contributed by atoms with van der Waals surface area (Å²) < 4.78 is 6.80. The van der Waals surface area contributed by atoms with Crippen LogP contribution in [0.25, 0.3) is 5.69 Å². The molecule has 1 aromatic carbocycles. The topological polar surface area (TPSA) is 73.2 Å². The molecule has 1 aromatic heterocycles. The van der Waals surface area contributed by atoms with Gasteiger partial charge in [0, 0.05) is 12.6 Å². The molecular formula is C15H17N3O3S. The number of anilines is 1. The van der Waals surface area contributed by atoms with Gasteiger partial charge in [-0.15, -0.1) is 0 Å². The van der Waals surface area contributed by atoms with Crippen molar-refractivity contribution in [2.45, 2.75) is 19.0 Å². The standard InChI is InChI=1S/C15H17N3O3S/c1-4-21-14(20)12-13(16-10(2)19)17-15(22-3)18(12)11-8-6-5-7-9-11/h5-9H,4H2,1-3H3,(H,16,19). The molecule has 6 nitrogen and oxygen atoms in total. The molecule has 0 aliphatic carbocycles. The average molecular weight is 319 g/mol. The minimum Gasteiger partial charge on any atom is -0.461 e. The van der Waals surface area contributed by atoms with Crippen LogP contribution in [-0.4, -0.2) is 34.3 Å². The molecule has 1 N–H and O–H groups in total. The Hall–Kier alpha value is -2.28. The highest BCUT2D eigenvalue weighted by Crippen LogP contribution is 2.28. The lowest BCUT2D eigenvalue weighted by Gasteiger charge is -2.10. The fourth-order valence-electron chi connectivity index (χ4n) is 1.99. The molecule has 0 aliphatic heterocycles. The van der Waals surface area contributed by atoms with Crippen molar-refractivity contribution in [1.29, 1.82) is 0 Å². The second-order valence-electron chi connectivity index (χ2n) is 4.37. The maximum atomic E-state index is 12.3. The Morgan fingerprint density at radius 2 is 2.00 bits per heavy atom. The van der Waals surface area contributed by atoms with E-state index in [1.807, 2.05) is 36.6 Å². The van der Waals surface area contributed by atoms with Crippen LogP contribution < -0.4 is 5.32 Å². The summed E-state index contributed by atoms with van der Waals surface area (Å²) in [5.41, 5.74) is 0.992. The van der Waals surface area contributed by atoms with E-state index in [1.54, 1.807) is 11.5 Å². The molecule has 2 aromatic rings. The van der Waals surface area contributed by atoms with Crippen molar-refractivity contribution in [3.63, 3.8) is 0 Å². The summed E-state index contributed by atoms with van der Waals surface area (Å²) in [7, 11) is 0. The van der Waals surface area contributed by atoms with Crippen molar-refractivity contribution in [3.8, 4) is 5.69 Å². The number of ether oxygens (including phenoxy) is 1. The molecule has 0 spiro atoms. The van der Waals surface area contributed by atoms with E-state index in [4.69, 9.17) is 4.74 Å². The van der Waals surface area contributed by atoms with Crippen LogP contribution in [0, 0.1) is 0 Å². The maximum absolute atomic E-state index is 12.3. The Balaban J connectivity index is 2.65. The van der Waals surface area contributed by atoms with Crippen molar-refractivity contribution >= 4 is 29.5 Å². The molecule has 2 rings (SSSR count). The fraction of sp³-hybridized carbons (Fsp3) is 0.267. The molecule has 0 unspecified atom stereocenters. The molecule has 22 heavy (non-hydrogen) atoms.